The van der Waals surface area contributed by atoms with E-state index in [0.29, 0.717) is 44.2 Å². The zero-order chi connectivity index (χ0) is 28.3. The molecule has 0 unspecified atom stereocenters. The molecular weight excluding hydrogens is 528 g/mol. The lowest BCUT2D eigenvalue weighted by Crippen LogP contribution is -2.54. The highest BCUT2D eigenvalue weighted by atomic mass is 16.6. The Morgan fingerprint density at radius 1 is 0.786 bits per heavy atom. The predicted octanol–water partition coefficient (Wildman–Crippen LogP) is 4.15. The number of piperazine rings is 1. The second kappa shape index (κ2) is 11.5. The largest absolute Gasteiger partial charge is 0.485 e. The normalized spacial score (nSPS) is 16.5. The summed E-state index contributed by atoms with van der Waals surface area (Å²) in [6.45, 7) is 3.31. The molecule has 1 amide bonds. The van der Waals surface area contributed by atoms with Gasteiger partial charge >= 0.3 is 0 Å². The molecule has 42 heavy (non-hydrogen) atoms. The first-order valence-corrected chi connectivity index (χ1v) is 14.4. The van der Waals surface area contributed by atoms with Crippen LogP contribution in [0.25, 0.3) is 11.0 Å². The van der Waals surface area contributed by atoms with E-state index in [0.717, 1.165) is 41.1 Å². The number of amides is 1. The molecule has 0 saturated carbocycles. The van der Waals surface area contributed by atoms with Crippen LogP contribution >= 0.6 is 0 Å². The number of rotatable bonds is 7. The fourth-order valence-electron chi connectivity index (χ4n) is 5.59. The Morgan fingerprint density at radius 2 is 1.48 bits per heavy atom. The van der Waals surface area contributed by atoms with E-state index >= 15 is 0 Å². The summed E-state index contributed by atoms with van der Waals surface area (Å²) < 4.78 is 13.7. The number of benzene rings is 3. The van der Waals surface area contributed by atoms with Crippen LogP contribution in [0.1, 0.15) is 17.0 Å². The third-order valence-electron chi connectivity index (χ3n) is 7.85. The Balaban J connectivity index is 1.11. The van der Waals surface area contributed by atoms with E-state index in [9.17, 15) is 4.79 Å². The van der Waals surface area contributed by atoms with E-state index in [-0.39, 0.29) is 12.5 Å². The highest BCUT2D eigenvalue weighted by molar-refractivity contribution is 5.87. The summed E-state index contributed by atoms with van der Waals surface area (Å²) in [5, 5.41) is 5.65. The Hall–Kier alpha value is -4.92. The van der Waals surface area contributed by atoms with Crippen molar-refractivity contribution in [2.45, 2.75) is 25.5 Å². The Labute approximate surface area is 244 Å². The average Bonchev–Trinajstić information content (AvgIpc) is 3.46. The molecule has 0 aliphatic carbocycles. The molecule has 9 heteroatoms. The van der Waals surface area contributed by atoms with Gasteiger partial charge in [-0.2, -0.15) is 5.10 Å². The van der Waals surface area contributed by atoms with Crippen LogP contribution in [0.15, 0.2) is 91.1 Å². The molecular formula is C33H32N6O3. The Morgan fingerprint density at radius 3 is 2.24 bits per heavy atom. The van der Waals surface area contributed by atoms with Crippen LogP contribution in [0.2, 0.25) is 0 Å². The Bertz CT molecular complexity index is 1680. The van der Waals surface area contributed by atoms with Crippen LogP contribution in [0.5, 0.6) is 11.5 Å². The number of aromatic nitrogens is 4. The lowest BCUT2D eigenvalue weighted by molar-refractivity contribution is -0.141. The monoisotopic (exact) mass is 560 g/mol. The quantitative estimate of drug-likeness (QED) is 0.296. The minimum Gasteiger partial charge on any atom is -0.485 e. The number of hydrogen-bond acceptors (Lipinski definition) is 7. The molecule has 9 nitrogen and oxygen atoms in total. The fraction of sp³-hybridized carbons (Fsp3) is 0.273. The number of carbonyl (C=O) groups excluding carboxylic acids is 1. The lowest BCUT2D eigenvalue weighted by atomic mass is 10.1. The van der Waals surface area contributed by atoms with E-state index in [1.54, 1.807) is 0 Å². The van der Waals surface area contributed by atoms with Crippen molar-refractivity contribution >= 4 is 22.8 Å². The first-order chi connectivity index (χ1) is 20.7. The maximum absolute atomic E-state index is 13.3. The van der Waals surface area contributed by atoms with Gasteiger partial charge in [-0.25, -0.2) is 14.6 Å². The minimum absolute atomic E-state index is 0.0452. The van der Waals surface area contributed by atoms with E-state index < -0.39 is 6.10 Å². The summed E-state index contributed by atoms with van der Waals surface area (Å²) in [5.41, 5.74) is 3.25. The third-order valence-corrected chi connectivity index (χ3v) is 7.85. The van der Waals surface area contributed by atoms with E-state index in [1.807, 2.05) is 64.3 Å². The van der Waals surface area contributed by atoms with Gasteiger partial charge in [0.1, 0.15) is 18.2 Å². The molecule has 2 aliphatic rings. The SMILES string of the molecule is O=C([C@@H]1COc2ccccc2O1)N1CCN(c2nc(CCc3ccccc3)nc3c2cnn3Cc2ccccc2)CC1. The number of carbonyl (C=O) groups is 1. The van der Waals surface area contributed by atoms with Crippen molar-refractivity contribution in [3.8, 4) is 11.5 Å². The van der Waals surface area contributed by atoms with Crippen molar-refractivity contribution in [1.29, 1.82) is 0 Å². The van der Waals surface area contributed by atoms with Gasteiger partial charge in [0.15, 0.2) is 17.1 Å². The topological polar surface area (TPSA) is 85.6 Å². The van der Waals surface area contributed by atoms with Gasteiger partial charge in [0.05, 0.1) is 18.1 Å². The molecule has 2 aliphatic heterocycles. The van der Waals surface area contributed by atoms with Crippen LogP contribution in [0, 0.1) is 0 Å². The standard InChI is InChI=1S/C33H32N6O3/c40-33(29-23-41-27-13-7-8-14-28(27)42-29)38-19-17-37(18-20-38)31-26-21-34-39(22-25-11-5-2-6-12-25)32(26)36-30(35-31)16-15-24-9-3-1-4-10-24/h1-14,21,29H,15-20,22-23H2/t29-/m0/s1. The summed E-state index contributed by atoms with van der Waals surface area (Å²) in [6.07, 6.45) is 2.81. The summed E-state index contributed by atoms with van der Waals surface area (Å²) in [7, 11) is 0. The first-order valence-electron chi connectivity index (χ1n) is 14.4. The van der Waals surface area contributed by atoms with Gasteiger partial charge in [-0.05, 0) is 29.7 Å². The van der Waals surface area contributed by atoms with Gasteiger partial charge in [0.25, 0.3) is 5.91 Å². The van der Waals surface area contributed by atoms with Crippen LogP contribution in [-0.4, -0.2) is 69.4 Å². The summed E-state index contributed by atoms with van der Waals surface area (Å²) in [6, 6.07) is 28.2. The van der Waals surface area contributed by atoms with Gasteiger partial charge in [0, 0.05) is 32.6 Å². The summed E-state index contributed by atoms with van der Waals surface area (Å²) in [4.78, 5) is 27.5. The number of para-hydroxylation sites is 2. The maximum Gasteiger partial charge on any atom is 0.267 e. The van der Waals surface area contributed by atoms with Gasteiger partial charge in [-0.15, -0.1) is 0 Å². The van der Waals surface area contributed by atoms with Crippen molar-refractivity contribution in [2.24, 2.45) is 0 Å². The molecule has 0 radical (unpaired) electrons. The lowest BCUT2D eigenvalue weighted by Gasteiger charge is -2.37. The van der Waals surface area contributed by atoms with Crippen LogP contribution in [0.3, 0.4) is 0 Å². The molecule has 3 aromatic carbocycles. The molecule has 1 fully saturated rings. The van der Waals surface area contributed by atoms with Crippen molar-refractivity contribution in [2.75, 3.05) is 37.7 Å². The molecule has 0 N–H and O–H groups in total. The number of ether oxygens (including phenoxy) is 2. The van der Waals surface area contributed by atoms with Gasteiger partial charge in [0.2, 0.25) is 6.10 Å². The number of nitrogens with zero attached hydrogens (tertiary/aromatic N) is 6. The molecule has 1 atom stereocenters. The highest BCUT2D eigenvalue weighted by Crippen LogP contribution is 2.32. The molecule has 0 spiro atoms. The highest BCUT2D eigenvalue weighted by Gasteiger charge is 2.33. The number of anilines is 1. The van der Waals surface area contributed by atoms with Crippen LogP contribution in [-0.2, 0) is 24.2 Å². The van der Waals surface area contributed by atoms with Gasteiger partial charge in [-0.1, -0.05) is 72.8 Å². The van der Waals surface area contributed by atoms with Crippen LogP contribution < -0.4 is 14.4 Å². The van der Waals surface area contributed by atoms with Gasteiger partial charge < -0.3 is 19.3 Å². The molecule has 2 aromatic heterocycles. The zero-order valence-corrected chi connectivity index (χ0v) is 23.3. The van der Waals surface area contributed by atoms with E-state index in [1.165, 1.54) is 5.56 Å². The van der Waals surface area contributed by atoms with Crippen molar-refractivity contribution in [3.63, 3.8) is 0 Å². The molecule has 0 bridgehead atoms. The molecule has 1 saturated heterocycles. The van der Waals surface area contributed by atoms with Crippen molar-refractivity contribution in [3.05, 3.63) is 108 Å². The number of aryl methyl sites for hydroxylation is 2. The zero-order valence-electron chi connectivity index (χ0n) is 23.3. The second-order valence-electron chi connectivity index (χ2n) is 10.7. The van der Waals surface area contributed by atoms with Gasteiger partial charge in [-0.3, -0.25) is 4.79 Å². The summed E-state index contributed by atoms with van der Waals surface area (Å²) in [5.74, 6) is 2.91. The Kier molecular flexibility index (Phi) is 7.13. The molecule has 212 valence electrons. The maximum atomic E-state index is 13.3. The van der Waals surface area contributed by atoms with Crippen molar-refractivity contribution in [1.82, 2.24) is 24.6 Å². The molecule has 5 aromatic rings. The molecule has 7 rings (SSSR count). The van der Waals surface area contributed by atoms with E-state index in [2.05, 4.69) is 41.3 Å². The predicted molar refractivity (Wildman–Crippen MR) is 160 cm³/mol. The third kappa shape index (κ3) is 5.37. The minimum atomic E-state index is -0.641. The fourth-order valence-corrected chi connectivity index (χ4v) is 5.59. The first kappa shape index (κ1) is 26.0. The second-order valence-corrected chi connectivity index (χ2v) is 10.7. The number of hydrogen-bond donors (Lipinski definition) is 0. The van der Waals surface area contributed by atoms with Crippen molar-refractivity contribution < 1.29 is 14.3 Å². The average molecular weight is 561 g/mol. The molecule has 4 heterocycles. The van der Waals surface area contributed by atoms with E-state index in [4.69, 9.17) is 24.5 Å². The summed E-state index contributed by atoms with van der Waals surface area (Å²) >= 11 is 0. The smallest absolute Gasteiger partial charge is 0.267 e. The number of fused-ring (bicyclic) bond motifs is 2. The van der Waals surface area contributed by atoms with Crippen LogP contribution in [0.4, 0.5) is 5.82 Å².